The third-order valence-electron chi connectivity index (χ3n) is 4.81. The molecule has 0 atom stereocenters. The fourth-order valence-electron chi connectivity index (χ4n) is 3.04. The zero-order chi connectivity index (χ0) is 23.3. The molecule has 2 amide bonds. The van der Waals surface area contributed by atoms with E-state index in [4.69, 9.17) is 12.2 Å². The monoisotopic (exact) mass is 471 g/mol. The van der Waals surface area contributed by atoms with Gasteiger partial charge in [0.05, 0.1) is 15.5 Å². The average Bonchev–Trinajstić information content (AvgIpc) is 3.03. The second kappa shape index (κ2) is 10.4. The number of aryl methyl sites for hydroxylation is 1. The van der Waals surface area contributed by atoms with Crippen LogP contribution in [0.2, 0.25) is 0 Å². The molecule has 10 heteroatoms. The van der Waals surface area contributed by atoms with Crippen molar-refractivity contribution in [1.82, 2.24) is 4.90 Å². The number of phenols is 1. The number of thiocarbonyl (C=S) groups is 1. The Bertz CT molecular complexity index is 1100. The van der Waals surface area contributed by atoms with Gasteiger partial charge < -0.3 is 10.4 Å². The number of hydrogen-bond donors (Lipinski definition) is 2. The Morgan fingerprint density at radius 2 is 2.00 bits per heavy atom. The molecule has 1 saturated heterocycles. The SMILES string of the molecule is CCc1ccc(/C=C2/SC(=S)N(CCCC(=O)Nc3cc([N+](=O)[O-])ccc3O)C2=O)cc1. The lowest BCUT2D eigenvalue weighted by Crippen LogP contribution is -2.29. The summed E-state index contributed by atoms with van der Waals surface area (Å²) in [6.45, 7) is 2.35. The fourth-order valence-corrected chi connectivity index (χ4v) is 4.35. The van der Waals surface area contributed by atoms with Crippen LogP contribution >= 0.6 is 24.0 Å². The number of nitro benzene ring substituents is 1. The number of phenolic OH excluding ortho intramolecular Hbond substituents is 1. The molecular formula is C22H21N3O5S2. The van der Waals surface area contributed by atoms with Crippen molar-refractivity contribution < 1.29 is 19.6 Å². The third-order valence-corrected chi connectivity index (χ3v) is 6.19. The Morgan fingerprint density at radius 1 is 1.28 bits per heavy atom. The number of carbonyl (C=O) groups excluding carboxylic acids is 2. The van der Waals surface area contributed by atoms with E-state index >= 15 is 0 Å². The number of nitrogens with zero attached hydrogens (tertiary/aromatic N) is 2. The van der Waals surface area contributed by atoms with E-state index in [1.54, 1.807) is 6.08 Å². The first kappa shape index (κ1) is 23.4. The maximum absolute atomic E-state index is 12.7. The highest BCUT2D eigenvalue weighted by molar-refractivity contribution is 8.26. The topological polar surface area (TPSA) is 113 Å². The lowest BCUT2D eigenvalue weighted by Gasteiger charge is -2.14. The summed E-state index contributed by atoms with van der Waals surface area (Å²) in [6.07, 6.45) is 3.14. The standard InChI is InChI=1S/C22H21N3O5S2/c1-2-14-5-7-15(8-6-14)12-19-21(28)24(22(31)32-19)11-3-4-20(27)23-17-13-16(25(29)30)9-10-18(17)26/h5-10,12-13,26H,2-4,11H2,1H3,(H,23,27)/b19-12+. The van der Waals surface area contributed by atoms with Crippen molar-refractivity contribution in [2.24, 2.45) is 0 Å². The maximum atomic E-state index is 12.7. The van der Waals surface area contributed by atoms with Crippen LogP contribution in [-0.2, 0) is 16.0 Å². The molecule has 0 unspecified atom stereocenters. The van der Waals surface area contributed by atoms with Gasteiger partial charge in [0.25, 0.3) is 11.6 Å². The summed E-state index contributed by atoms with van der Waals surface area (Å²) < 4.78 is 0.433. The smallest absolute Gasteiger partial charge is 0.271 e. The molecule has 0 spiro atoms. The summed E-state index contributed by atoms with van der Waals surface area (Å²) in [6, 6.07) is 11.3. The predicted molar refractivity (Wildman–Crippen MR) is 128 cm³/mol. The number of benzene rings is 2. The van der Waals surface area contributed by atoms with E-state index in [1.165, 1.54) is 22.2 Å². The third kappa shape index (κ3) is 5.71. The number of anilines is 1. The zero-order valence-corrected chi connectivity index (χ0v) is 18.9. The summed E-state index contributed by atoms with van der Waals surface area (Å²) in [5.41, 5.74) is 1.85. The van der Waals surface area contributed by atoms with Crippen molar-refractivity contribution in [3.63, 3.8) is 0 Å². The molecule has 32 heavy (non-hydrogen) atoms. The van der Waals surface area contributed by atoms with Crippen molar-refractivity contribution in [3.8, 4) is 5.75 Å². The minimum atomic E-state index is -0.615. The van der Waals surface area contributed by atoms with Gasteiger partial charge in [-0.05, 0) is 36.1 Å². The van der Waals surface area contributed by atoms with Crippen LogP contribution < -0.4 is 5.32 Å². The first-order valence-corrected chi connectivity index (χ1v) is 11.1. The molecule has 1 heterocycles. The van der Waals surface area contributed by atoms with Gasteiger partial charge in [-0.3, -0.25) is 24.6 Å². The second-order valence-corrected chi connectivity index (χ2v) is 8.71. The molecule has 2 aromatic rings. The van der Waals surface area contributed by atoms with Gasteiger partial charge in [-0.15, -0.1) is 0 Å². The van der Waals surface area contributed by atoms with Crippen molar-refractivity contribution in [1.29, 1.82) is 0 Å². The average molecular weight is 472 g/mol. The second-order valence-electron chi connectivity index (χ2n) is 7.04. The van der Waals surface area contributed by atoms with Crippen molar-refractivity contribution in [2.45, 2.75) is 26.2 Å². The van der Waals surface area contributed by atoms with E-state index in [0.717, 1.165) is 30.2 Å². The summed E-state index contributed by atoms with van der Waals surface area (Å²) in [4.78, 5) is 37.1. The number of aromatic hydroxyl groups is 1. The number of amides is 2. The fraction of sp³-hybridized carbons (Fsp3) is 0.227. The summed E-state index contributed by atoms with van der Waals surface area (Å²) in [5, 5.41) is 23.1. The molecule has 1 aliphatic heterocycles. The van der Waals surface area contributed by atoms with Crippen molar-refractivity contribution in [3.05, 3.63) is 68.6 Å². The number of non-ortho nitro benzene ring substituents is 1. The molecule has 2 N–H and O–H groups in total. The van der Waals surface area contributed by atoms with Crippen LogP contribution in [0, 0.1) is 10.1 Å². The highest BCUT2D eigenvalue weighted by Crippen LogP contribution is 2.33. The highest BCUT2D eigenvalue weighted by Gasteiger charge is 2.31. The van der Waals surface area contributed by atoms with Gasteiger partial charge in [0.2, 0.25) is 5.91 Å². The summed E-state index contributed by atoms with van der Waals surface area (Å²) in [7, 11) is 0. The number of nitro groups is 1. The Kier molecular flexibility index (Phi) is 7.60. The van der Waals surface area contributed by atoms with Gasteiger partial charge >= 0.3 is 0 Å². The first-order valence-electron chi connectivity index (χ1n) is 9.90. The van der Waals surface area contributed by atoms with Crippen LogP contribution in [0.25, 0.3) is 6.08 Å². The lowest BCUT2D eigenvalue weighted by molar-refractivity contribution is -0.384. The molecule has 0 aliphatic carbocycles. The molecule has 1 aliphatic rings. The van der Waals surface area contributed by atoms with Gasteiger partial charge in [-0.2, -0.15) is 0 Å². The van der Waals surface area contributed by atoms with E-state index in [1.807, 2.05) is 24.3 Å². The van der Waals surface area contributed by atoms with E-state index in [-0.39, 0.29) is 36.0 Å². The summed E-state index contributed by atoms with van der Waals surface area (Å²) in [5.74, 6) is -0.896. The molecular weight excluding hydrogens is 450 g/mol. The number of hydrogen-bond acceptors (Lipinski definition) is 7. The Hall–Kier alpha value is -3.24. The van der Waals surface area contributed by atoms with Gasteiger partial charge in [0.15, 0.2) is 0 Å². The zero-order valence-electron chi connectivity index (χ0n) is 17.2. The molecule has 2 aromatic carbocycles. The van der Waals surface area contributed by atoms with Crippen LogP contribution in [-0.4, -0.2) is 37.6 Å². The van der Waals surface area contributed by atoms with Crippen LogP contribution in [0.1, 0.15) is 30.9 Å². The van der Waals surface area contributed by atoms with E-state index < -0.39 is 10.8 Å². The first-order chi connectivity index (χ1) is 15.3. The normalized spacial score (nSPS) is 14.8. The summed E-state index contributed by atoms with van der Waals surface area (Å²) >= 11 is 6.55. The molecule has 8 nitrogen and oxygen atoms in total. The molecule has 0 aromatic heterocycles. The highest BCUT2D eigenvalue weighted by atomic mass is 32.2. The van der Waals surface area contributed by atoms with Crippen LogP contribution in [0.15, 0.2) is 47.4 Å². The molecule has 0 saturated carbocycles. The minimum Gasteiger partial charge on any atom is -0.506 e. The lowest BCUT2D eigenvalue weighted by atomic mass is 10.1. The van der Waals surface area contributed by atoms with E-state index in [2.05, 4.69) is 12.2 Å². The number of nitrogens with one attached hydrogen (secondary N) is 1. The van der Waals surface area contributed by atoms with Crippen LogP contribution in [0.4, 0.5) is 11.4 Å². The van der Waals surface area contributed by atoms with Gasteiger partial charge in [0, 0.05) is 25.1 Å². The number of thioether (sulfide) groups is 1. The van der Waals surface area contributed by atoms with Crippen molar-refractivity contribution >= 4 is 57.6 Å². The molecule has 3 rings (SSSR count). The minimum absolute atomic E-state index is 0.0353. The van der Waals surface area contributed by atoms with Gasteiger partial charge in [0.1, 0.15) is 10.1 Å². The van der Waals surface area contributed by atoms with Gasteiger partial charge in [-0.1, -0.05) is 55.2 Å². The molecule has 166 valence electrons. The van der Waals surface area contributed by atoms with Crippen LogP contribution in [0.5, 0.6) is 5.75 Å². The predicted octanol–water partition coefficient (Wildman–Crippen LogP) is 4.48. The quantitative estimate of drug-likeness (QED) is 0.192. The Morgan fingerprint density at radius 3 is 2.66 bits per heavy atom. The number of carbonyl (C=O) groups is 2. The van der Waals surface area contributed by atoms with E-state index in [9.17, 15) is 24.8 Å². The molecule has 0 bridgehead atoms. The molecule has 1 fully saturated rings. The molecule has 0 radical (unpaired) electrons. The van der Waals surface area contributed by atoms with Gasteiger partial charge in [-0.25, -0.2) is 0 Å². The number of rotatable bonds is 8. The van der Waals surface area contributed by atoms with Crippen molar-refractivity contribution in [2.75, 3.05) is 11.9 Å². The van der Waals surface area contributed by atoms with E-state index in [0.29, 0.717) is 15.6 Å². The Balaban J connectivity index is 1.55. The van der Waals surface area contributed by atoms with Crippen LogP contribution in [0.3, 0.4) is 0 Å². The Labute approximate surface area is 194 Å². The maximum Gasteiger partial charge on any atom is 0.271 e. The largest absolute Gasteiger partial charge is 0.506 e.